The maximum atomic E-state index is 12.0. The van der Waals surface area contributed by atoms with E-state index in [2.05, 4.69) is 37.4 Å². The number of anilines is 1. The predicted octanol–water partition coefficient (Wildman–Crippen LogP) is 4.84. The number of halogens is 1. The molecule has 2 nitrogen and oxygen atoms in total. The van der Waals surface area contributed by atoms with E-state index >= 15 is 0 Å². The standard InChI is InChI=1S/C18H20ClNO/c1-12-4-5-15(10-13(12)2)6-9-18(21)20-17-8-7-16(19)11-14(17)3/h4-5,7-8,10-11H,6,9H2,1-3H3,(H,20,21). The summed E-state index contributed by atoms with van der Waals surface area (Å²) in [4.78, 5) is 12.0. The maximum absolute atomic E-state index is 12.0. The Labute approximate surface area is 131 Å². The summed E-state index contributed by atoms with van der Waals surface area (Å²) in [7, 11) is 0. The van der Waals surface area contributed by atoms with Crippen molar-refractivity contribution in [3.8, 4) is 0 Å². The molecule has 3 heteroatoms. The largest absolute Gasteiger partial charge is 0.326 e. The number of benzene rings is 2. The molecule has 0 saturated heterocycles. The number of nitrogens with one attached hydrogen (secondary N) is 1. The van der Waals surface area contributed by atoms with E-state index in [0.717, 1.165) is 17.7 Å². The van der Waals surface area contributed by atoms with E-state index in [0.29, 0.717) is 11.4 Å². The molecule has 1 N–H and O–H groups in total. The van der Waals surface area contributed by atoms with Crippen molar-refractivity contribution in [3.05, 3.63) is 63.7 Å². The molecule has 0 spiro atoms. The first kappa shape index (κ1) is 15.6. The van der Waals surface area contributed by atoms with Crippen LogP contribution in [0.5, 0.6) is 0 Å². The number of amides is 1. The van der Waals surface area contributed by atoms with Crippen LogP contribution in [0.1, 0.15) is 28.7 Å². The van der Waals surface area contributed by atoms with Gasteiger partial charge in [0.15, 0.2) is 0 Å². The van der Waals surface area contributed by atoms with Gasteiger partial charge in [0.2, 0.25) is 5.91 Å². The van der Waals surface area contributed by atoms with E-state index in [1.807, 2.05) is 19.1 Å². The van der Waals surface area contributed by atoms with E-state index < -0.39 is 0 Å². The molecule has 0 aliphatic heterocycles. The summed E-state index contributed by atoms with van der Waals surface area (Å²) < 4.78 is 0. The summed E-state index contributed by atoms with van der Waals surface area (Å²) in [6.45, 7) is 6.12. The fourth-order valence-electron chi connectivity index (χ4n) is 2.20. The van der Waals surface area contributed by atoms with Crippen molar-refractivity contribution in [2.75, 3.05) is 5.32 Å². The van der Waals surface area contributed by atoms with E-state index in [-0.39, 0.29) is 5.91 Å². The van der Waals surface area contributed by atoms with Gasteiger partial charge >= 0.3 is 0 Å². The van der Waals surface area contributed by atoms with Crippen LogP contribution >= 0.6 is 11.6 Å². The summed E-state index contributed by atoms with van der Waals surface area (Å²) in [6, 6.07) is 11.8. The molecule has 21 heavy (non-hydrogen) atoms. The third kappa shape index (κ3) is 4.33. The average Bonchev–Trinajstić information content (AvgIpc) is 2.43. The molecule has 0 radical (unpaired) electrons. The van der Waals surface area contributed by atoms with Crippen molar-refractivity contribution in [2.24, 2.45) is 0 Å². The van der Waals surface area contributed by atoms with Gasteiger partial charge in [0.1, 0.15) is 0 Å². The van der Waals surface area contributed by atoms with Crippen molar-refractivity contribution in [3.63, 3.8) is 0 Å². The van der Waals surface area contributed by atoms with Gasteiger partial charge in [-0.3, -0.25) is 4.79 Å². The minimum Gasteiger partial charge on any atom is -0.326 e. The molecule has 0 bridgehead atoms. The molecule has 1 amide bonds. The van der Waals surface area contributed by atoms with Gasteiger partial charge in [-0.15, -0.1) is 0 Å². The summed E-state index contributed by atoms with van der Waals surface area (Å²) in [5.74, 6) is 0.0265. The van der Waals surface area contributed by atoms with Crippen LogP contribution in [-0.2, 0) is 11.2 Å². The molecule has 0 unspecified atom stereocenters. The lowest BCUT2D eigenvalue weighted by atomic mass is 10.0. The van der Waals surface area contributed by atoms with Crippen LogP contribution in [0.3, 0.4) is 0 Å². The Hall–Kier alpha value is -1.80. The van der Waals surface area contributed by atoms with Crippen LogP contribution in [0.25, 0.3) is 0 Å². The molecule has 0 aliphatic carbocycles. The zero-order valence-corrected chi connectivity index (χ0v) is 13.4. The monoisotopic (exact) mass is 301 g/mol. The fraction of sp³-hybridized carbons (Fsp3) is 0.278. The molecule has 2 aromatic rings. The number of rotatable bonds is 4. The van der Waals surface area contributed by atoms with Crippen LogP contribution in [0, 0.1) is 20.8 Å². The summed E-state index contributed by atoms with van der Waals surface area (Å²) in [6.07, 6.45) is 1.23. The highest BCUT2D eigenvalue weighted by atomic mass is 35.5. The first-order valence-electron chi connectivity index (χ1n) is 7.08. The second-order valence-corrected chi connectivity index (χ2v) is 5.86. The zero-order valence-electron chi connectivity index (χ0n) is 12.7. The Balaban J connectivity index is 1.94. The Morgan fingerprint density at radius 3 is 2.43 bits per heavy atom. The van der Waals surface area contributed by atoms with E-state index in [4.69, 9.17) is 11.6 Å². The molecule has 2 aromatic carbocycles. The summed E-state index contributed by atoms with van der Waals surface area (Å²) >= 11 is 5.91. The molecule has 0 aliphatic rings. The SMILES string of the molecule is Cc1ccc(CCC(=O)Nc2ccc(Cl)cc2C)cc1C. The van der Waals surface area contributed by atoms with Crippen molar-refractivity contribution in [1.82, 2.24) is 0 Å². The fourth-order valence-corrected chi connectivity index (χ4v) is 2.42. The first-order valence-corrected chi connectivity index (χ1v) is 7.45. The highest BCUT2D eigenvalue weighted by Crippen LogP contribution is 2.20. The Morgan fingerprint density at radius 1 is 1.00 bits per heavy atom. The van der Waals surface area contributed by atoms with Crippen LogP contribution in [0.15, 0.2) is 36.4 Å². The molecule has 0 fully saturated rings. The smallest absolute Gasteiger partial charge is 0.224 e. The summed E-state index contributed by atoms with van der Waals surface area (Å²) in [5, 5.41) is 3.62. The minimum absolute atomic E-state index is 0.0265. The van der Waals surface area contributed by atoms with Gasteiger partial charge in [-0.2, -0.15) is 0 Å². The number of aryl methyl sites for hydroxylation is 4. The topological polar surface area (TPSA) is 29.1 Å². The molecule has 110 valence electrons. The van der Waals surface area contributed by atoms with Gasteiger partial charge in [0.05, 0.1) is 0 Å². The van der Waals surface area contributed by atoms with Crippen LogP contribution < -0.4 is 5.32 Å². The van der Waals surface area contributed by atoms with Crippen molar-refractivity contribution in [2.45, 2.75) is 33.6 Å². The average molecular weight is 302 g/mol. The maximum Gasteiger partial charge on any atom is 0.224 e. The second-order valence-electron chi connectivity index (χ2n) is 5.43. The molecular weight excluding hydrogens is 282 g/mol. The van der Waals surface area contributed by atoms with E-state index in [1.165, 1.54) is 16.7 Å². The molecular formula is C18H20ClNO. The molecule has 2 rings (SSSR count). The summed E-state index contributed by atoms with van der Waals surface area (Å²) in [5.41, 5.74) is 5.54. The van der Waals surface area contributed by atoms with E-state index in [1.54, 1.807) is 6.07 Å². The zero-order chi connectivity index (χ0) is 15.4. The molecule has 0 aromatic heterocycles. The van der Waals surface area contributed by atoms with Crippen molar-refractivity contribution in [1.29, 1.82) is 0 Å². The molecule has 0 saturated carbocycles. The third-order valence-corrected chi connectivity index (χ3v) is 3.91. The number of carbonyl (C=O) groups is 1. The van der Waals surface area contributed by atoms with Gasteiger partial charge < -0.3 is 5.32 Å². The lowest BCUT2D eigenvalue weighted by Gasteiger charge is -2.09. The quantitative estimate of drug-likeness (QED) is 0.860. The lowest BCUT2D eigenvalue weighted by molar-refractivity contribution is -0.116. The van der Waals surface area contributed by atoms with Gasteiger partial charge in [0.25, 0.3) is 0 Å². The molecule has 0 atom stereocenters. The normalized spacial score (nSPS) is 10.5. The van der Waals surface area contributed by atoms with E-state index in [9.17, 15) is 4.79 Å². The van der Waals surface area contributed by atoms with Gasteiger partial charge in [0, 0.05) is 17.1 Å². The predicted molar refractivity (Wildman–Crippen MR) is 89.1 cm³/mol. The van der Waals surface area contributed by atoms with Crippen LogP contribution in [-0.4, -0.2) is 5.91 Å². The van der Waals surface area contributed by atoms with Crippen molar-refractivity contribution >= 4 is 23.2 Å². The highest BCUT2D eigenvalue weighted by molar-refractivity contribution is 6.30. The van der Waals surface area contributed by atoms with Gasteiger partial charge in [-0.1, -0.05) is 29.8 Å². The second kappa shape index (κ2) is 6.77. The van der Waals surface area contributed by atoms with Crippen LogP contribution in [0.4, 0.5) is 5.69 Å². The van der Waals surface area contributed by atoms with Crippen molar-refractivity contribution < 1.29 is 4.79 Å². The highest BCUT2D eigenvalue weighted by Gasteiger charge is 2.06. The first-order chi connectivity index (χ1) is 9.95. The number of carbonyl (C=O) groups excluding carboxylic acids is 1. The molecule has 0 heterocycles. The van der Waals surface area contributed by atoms with Crippen LogP contribution in [0.2, 0.25) is 5.02 Å². The number of hydrogen-bond donors (Lipinski definition) is 1. The number of hydrogen-bond acceptors (Lipinski definition) is 1. The Kier molecular flexibility index (Phi) is 5.03. The third-order valence-electron chi connectivity index (χ3n) is 3.67. The Morgan fingerprint density at radius 2 is 1.76 bits per heavy atom. The van der Waals surface area contributed by atoms with Gasteiger partial charge in [-0.25, -0.2) is 0 Å². The van der Waals surface area contributed by atoms with Gasteiger partial charge in [-0.05, 0) is 67.6 Å². The lowest BCUT2D eigenvalue weighted by Crippen LogP contribution is -2.13. The minimum atomic E-state index is 0.0265. The Bertz CT molecular complexity index is 664.